The zero-order chi connectivity index (χ0) is 27.6. The van der Waals surface area contributed by atoms with Crippen molar-refractivity contribution in [2.45, 2.75) is 110 Å². The van der Waals surface area contributed by atoms with Crippen LogP contribution in [0.4, 0.5) is 4.79 Å². The number of hydrogen-bond donors (Lipinski definition) is 2. The van der Waals surface area contributed by atoms with Crippen molar-refractivity contribution in [1.29, 1.82) is 0 Å². The van der Waals surface area contributed by atoms with Gasteiger partial charge in [-0.15, -0.1) is 0 Å². The van der Waals surface area contributed by atoms with E-state index in [2.05, 4.69) is 17.6 Å². The Morgan fingerprint density at radius 2 is 1.84 bits per heavy atom. The SMILES string of the molecule is CCCCCNC(=O)C(c1ccc(C)c(C)c1)N(C(=O)C(CCSC)NC(=O)OC(C)(C)C)C1CCC1. The van der Waals surface area contributed by atoms with E-state index in [-0.39, 0.29) is 17.9 Å². The van der Waals surface area contributed by atoms with Crippen molar-refractivity contribution in [3.63, 3.8) is 0 Å². The lowest BCUT2D eigenvalue weighted by atomic mass is 9.87. The number of alkyl carbamates (subject to hydrolysis) is 1. The van der Waals surface area contributed by atoms with Crippen molar-refractivity contribution in [2.75, 3.05) is 18.6 Å². The fourth-order valence-electron chi connectivity index (χ4n) is 4.36. The van der Waals surface area contributed by atoms with Gasteiger partial charge in [-0.1, -0.05) is 38.0 Å². The molecule has 2 unspecified atom stereocenters. The summed E-state index contributed by atoms with van der Waals surface area (Å²) in [7, 11) is 0. The molecular formula is C29H47N3O4S. The number of unbranched alkanes of at least 4 members (excludes halogenated alkanes) is 2. The molecule has 37 heavy (non-hydrogen) atoms. The Balaban J connectivity index is 2.44. The maximum absolute atomic E-state index is 14.2. The molecule has 7 nitrogen and oxygen atoms in total. The Bertz CT molecular complexity index is 911. The Labute approximate surface area is 227 Å². The second-order valence-corrected chi connectivity index (χ2v) is 12.0. The summed E-state index contributed by atoms with van der Waals surface area (Å²) in [6.45, 7) is 12.2. The van der Waals surface area contributed by atoms with Gasteiger partial charge in [0.2, 0.25) is 11.8 Å². The standard InChI is InChI=1S/C29H47N3O4S/c1-8-9-10-17-30-26(33)25(22-15-14-20(2)21(3)19-22)32(23-12-11-13-23)27(34)24(16-18-37-7)31-28(35)36-29(4,5)6/h14-15,19,23-25H,8-13,16-18H2,1-7H3,(H,30,33)(H,31,35). The van der Waals surface area contributed by atoms with Gasteiger partial charge in [-0.2, -0.15) is 11.8 Å². The highest BCUT2D eigenvalue weighted by molar-refractivity contribution is 7.98. The van der Waals surface area contributed by atoms with Crippen LogP contribution < -0.4 is 10.6 Å². The van der Waals surface area contributed by atoms with Crippen LogP contribution in [0.2, 0.25) is 0 Å². The van der Waals surface area contributed by atoms with Crippen molar-refractivity contribution >= 4 is 29.7 Å². The van der Waals surface area contributed by atoms with Gasteiger partial charge in [-0.3, -0.25) is 9.59 Å². The van der Waals surface area contributed by atoms with E-state index in [1.54, 1.807) is 37.4 Å². The van der Waals surface area contributed by atoms with E-state index < -0.39 is 23.8 Å². The average molecular weight is 534 g/mol. The summed E-state index contributed by atoms with van der Waals surface area (Å²) in [6.07, 6.45) is 7.52. The quantitative estimate of drug-likeness (QED) is 0.319. The normalized spacial score (nSPS) is 15.3. The highest BCUT2D eigenvalue weighted by Gasteiger charge is 2.41. The van der Waals surface area contributed by atoms with Crippen molar-refractivity contribution in [3.05, 3.63) is 34.9 Å². The van der Waals surface area contributed by atoms with Crippen LogP contribution in [0.5, 0.6) is 0 Å². The molecule has 1 aromatic rings. The molecule has 1 aliphatic rings. The summed E-state index contributed by atoms with van der Waals surface area (Å²) in [5, 5.41) is 5.91. The third kappa shape index (κ3) is 9.55. The molecule has 2 rings (SSSR count). The summed E-state index contributed by atoms with van der Waals surface area (Å²) in [5.74, 6) is 0.305. The summed E-state index contributed by atoms with van der Waals surface area (Å²) < 4.78 is 5.47. The number of nitrogens with zero attached hydrogens (tertiary/aromatic N) is 1. The first-order chi connectivity index (χ1) is 17.5. The zero-order valence-corrected chi connectivity index (χ0v) is 24.6. The lowest BCUT2D eigenvalue weighted by Gasteiger charge is -2.43. The fourth-order valence-corrected chi connectivity index (χ4v) is 4.83. The van der Waals surface area contributed by atoms with E-state index in [1.807, 2.05) is 38.3 Å². The Kier molecular flexibility index (Phi) is 12.3. The molecule has 1 aromatic carbocycles. The third-order valence-corrected chi connectivity index (χ3v) is 7.42. The Morgan fingerprint density at radius 1 is 1.14 bits per heavy atom. The third-order valence-electron chi connectivity index (χ3n) is 6.78. The molecule has 0 aliphatic heterocycles. The molecule has 2 N–H and O–H groups in total. The molecule has 208 valence electrons. The van der Waals surface area contributed by atoms with E-state index in [0.29, 0.717) is 18.7 Å². The minimum absolute atomic E-state index is 0.0438. The van der Waals surface area contributed by atoms with Crippen molar-refractivity contribution < 1.29 is 19.1 Å². The molecule has 8 heteroatoms. The smallest absolute Gasteiger partial charge is 0.408 e. The summed E-state index contributed by atoms with van der Waals surface area (Å²) in [5.41, 5.74) is 2.34. The van der Waals surface area contributed by atoms with Gasteiger partial charge in [0, 0.05) is 12.6 Å². The van der Waals surface area contributed by atoms with Crippen LogP contribution in [0.25, 0.3) is 0 Å². The van der Waals surface area contributed by atoms with E-state index in [4.69, 9.17) is 4.74 Å². The number of carbonyl (C=O) groups excluding carboxylic acids is 3. The van der Waals surface area contributed by atoms with Crippen molar-refractivity contribution in [1.82, 2.24) is 15.5 Å². The molecule has 1 fully saturated rings. The molecule has 3 amide bonds. The monoisotopic (exact) mass is 533 g/mol. The largest absolute Gasteiger partial charge is 0.444 e. The van der Waals surface area contributed by atoms with Gasteiger partial charge in [-0.25, -0.2) is 4.79 Å². The van der Waals surface area contributed by atoms with Gasteiger partial charge in [0.1, 0.15) is 17.7 Å². The molecule has 0 heterocycles. The number of nitrogens with one attached hydrogen (secondary N) is 2. The number of benzene rings is 1. The van der Waals surface area contributed by atoms with E-state index in [1.165, 1.54) is 0 Å². The van der Waals surface area contributed by atoms with Gasteiger partial charge < -0.3 is 20.3 Å². The Morgan fingerprint density at radius 3 is 2.38 bits per heavy atom. The summed E-state index contributed by atoms with van der Waals surface area (Å²) in [6, 6.07) is 4.41. The van der Waals surface area contributed by atoms with Gasteiger partial charge >= 0.3 is 6.09 Å². The number of amides is 3. The first kappa shape index (κ1) is 31.0. The summed E-state index contributed by atoms with van der Waals surface area (Å²) >= 11 is 1.62. The molecule has 0 radical (unpaired) electrons. The fraction of sp³-hybridized carbons (Fsp3) is 0.690. The molecule has 0 aromatic heterocycles. The van der Waals surface area contributed by atoms with E-state index in [9.17, 15) is 14.4 Å². The number of thioether (sulfide) groups is 1. The maximum Gasteiger partial charge on any atom is 0.408 e. The highest BCUT2D eigenvalue weighted by Crippen LogP contribution is 2.34. The maximum atomic E-state index is 14.2. The first-order valence-corrected chi connectivity index (χ1v) is 15.0. The first-order valence-electron chi connectivity index (χ1n) is 13.6. The molecule has 2 atom stereocenters. The molecule has 0 saturated heterocycles. The van der Waals surface area contributed by atoms with E-state index >= 15 is 0 Å². The number of carbonyl (C=O) groups is 3. The minimum Gasteiger partial charge on any atom is -0.444 e. The summed E-state index contributed by atoms with van der Waals surface area (Å²) in [4.78, 5) is 42.4. The highest BCUT2D eigenvalue weighted by atomic mass is 32.2. The Hall–Kier alpha value is -2.22. The van der Waals surface area contributed by atoms with Crippen LogP contribution >= 0.6 is 11.8 Å². The lowest BCUT2D eigenvalue weighted by Crippen LogP contribution is -2.57. The van der Waals surface area contributed by atoms with Crippen LogP contribution in [-0.4, -0.2) is 59.0 Å². The molecule has 1 aliphatic carbocycles. The van der Waals surface area contributed by atoms with E-state index in [0.717, 1.165) is 55.2 Å². The number of ether oxygens (including phenoxy) is 1. The molecule has 0 spiro atoms. The minimum atomic E-state index is -0.773. The van der Waals surface area contributed by atoms with Gasteiger partial charge in [0.15, 0.2) is 0 Å². The van der Waals surface area contributed by atoms with Crippen molar-refractivity contribution in [2.24, 2.45) is 0 Å². The molecular weight excluding hydrogens is 486 g/mol. The van der Waals surface area contributed by atoms with Crippen LogP contribution in [0.3, 0.4) is 0 Å². The zero-order valence-electron chi connectivity index (χ0n) is 23.8. The van der Waals surface area contributed by atoms with Gasteiger partial charge in [0.05, 0.1) is 0 Å². The van der Waals surface area contributed by atoms with Crippen molar-refractivity contribution in [3.8, 4) is 0 Å². The number of aryl methyl sites for hydroxylation is 2. The second kappa shape index (κ2) is 14.6. The predicted octanol–water partition coefficient (Wildman–Crippen LogP) is 5.68. The van der Waals surface area contributed by atoms with Crippen LogP contribution in [0.15, 0.2) is 18.2 Å². The lowest BCUT2D eigenvalue weighted by molar-refractivity contribution is -0.147. The topological polar surface area (TPSA) is 87.7 Å². The van der Waals surface area contributed by atoms with Crippen LogP contribution in [0.1, 0.15) is 95.4 Å². The van der Waals surface area contributed by atoms with Crippen LogP contribution in [-0.2, 0) is 14.3 Å². The number of rotatable bonds is 13. The number of hydrogen-bond acceptors (Lipinski definition) is 5. The predicted molar refractivity (Wildman–Crippen MR) is 152 cm³/mol. The van der Waals surface area contributed by atoms with Gasteiger partial charge in [0.25, 0.3) is 0 Å². The van der Waals surface area contributed by atoms with Crippen LogP contribution in [0, 0.1) is 13.8 Å². The molecule has 0 bridgehead atoms. The van der Waals surface area contributed by atoms with Gasteiger partial charge in [-0.05, 0) is 95.4 Å². The molecule has 1 saturated carbocycles. The average Bonchev–Trinajstić information content (AvgIpc) is 2.78. The second-order valence-electron chi connectivity index (χ2n) is 11.1.